The third-order valence-corrected chi connectivity index (χ3v) is 1.79. The van der Waals surface area contributed by atoms with Gasteiger partial charge in [-0.25, -0.2) is 4.39 Å². The first kappa shape index (κ1) is 11.0. The zero-order valence-corrected chi connectivity index (χ0v) is 7.29. The van der Waals surface area contributed by atoms with Gasteiger partial charge in [-0.2, -0.15) is 13.2 Å². The molecule has 0 spiro atoms. The molecule has 0 bridgehead atoms. The highest BCUT2D eigenvalue weighted by Gasteiger charge is 2.36. The molecule has 0 aliphatic carbocycles. The second kappa shape index (κ2) is 3.57. The Kier molecular flexibility index (Phi) is 2.80. The van der Waals surface area contributed by atoms with Gasteiger partial charge < -0.3 is 0 Å². The Labute approximate surface area is 81.3 Å². The molecule has 0 unspecified atom stereocenters. The summed E-state index contributed by atoms with van der Waals surface area (Å²) >= 11 is 5.18. The van der Waals surface area contributed by atoms with Crippen LogP contribution in [0.5, 0.6) is 0 Å². The van der Waals surface area contributed by atoms with Gasteiger partial charge in [-0.15, -0.1) is 0 Å². The molecule has 0 aromatic heterocycles. The third kappa shape index (κ3) is 2.04. The SMILES string of the molecule is O=Cc1cc(F)cc(Cl)c1C(F)(F)F. The van der Waals surface area contributed by atoms with Crippen LogP contribution in [-0.2, 0) is 6.18 Å². The Morgan fingerprint density at radius 1 is 1.29 bits per heavy atom. The zero-order valence-electron chi connectivity index (χ0n) is 6.53. The molecular weight excluding hydrogens is 224 g/mol. The lowest BCUT2D eigenvalue weighted by atomic mass is 10.1. The van der Waals surface area contributed by atoms with Gasteiger partial charge in [0, 0.05) is 5.56 Å². The van der Waals surface area contributed by atoms with Gasteiger partial charge in [0.25, 0.3) is 0 Å². The van der Waals surface area contributed by atoms with Crippen LogP contribution in [0, 0.1) is 5.82 Å². The Balaban J connectivity index is 3.48. The fourth-order valence-corrected chi connectivity index (χ4v) is 1.31. The zero-order chi connectivity index (χ0) is 10.9. The van der Waals surface area contributed by atoms with E-state index in [0.29, 0.717) is 12.1 Å². The molecule has 0 fully saturated rings. The summed E-state index contributed by atoms with van der Waals surface area (Å²) in [5, 5.41) is -0.820. The molecule has 0 amide bonds. The highest BCUT2D eigenvalue weighted by Crippen LogP contribution is 2.37. The highest BCUT2D eigenvalue weighted by atomic mass is 35.5. The van der Waals surface area contributed by atoms with Crippen molar-refractivity contribution in [1.82, 2.24) is 0 Å². The van der Waals surface area contributed by atoms with Gasteiger partial charge in [0.1, 0.15) is 5.82 Å². The molecule has 0 atom stereocenters. The molecule has 76 valence electrons. The van der Waals surface area contributed by atoms with Crippen LogP contribution in [0.2, 0.25) is 5.02 Å². The second-order valence-electron chi connectivity index (χ2n) is 2.47. The number of carbonyl (C=O) groups is 1. The van der Waals surface area contributed by atoms with E-state index in [4.69, 9.17) is 11.6 Å². The van der Waals surface area contributed by atoms with Gasteiger partial charge in [-0.3, -0.25) is 4.79 Å². The summed E-state index contributed by atoms with van der Waals surface area (Å²) < 4.78 is 49.4. The standard InChI is InChI=1S/C8H3ClF4O/c9-6-2-5(10)1-4(3-14)7(6)8(11,12)13/h1-3H. The lowest BCUT2D eigenvalue weighted by Crippen LogP contribution is -2.10. The maximum Gasteiger partial charge on any atom is 0.418 e. The molecule has 0 aliphatic heterocycles. The average molecular weight is 227 g/mol. The van der Waals surface area contributed by atoms with Crippen LogP contribution in [0.25, 0.3) is 0 Å². The van der Waals surface area contributed by atoms with E-state index >= 15 is 0 Å². The largest absolute Gasteiger partial charge is 0.418 e. The first-order chi connectivity index (χ1) is 6.36. The normalized spacial score (nSPS) is 11.5. The Morgan fingerprint density at radius 2 is 1.86 bits per heavy atom. The summed E-state index contributed by atoms with van der Waals surface area (Å²) in [5.74, 6) is -0.981. The number of hydrogen-bond donors (Lipinski definition) is 0. The van der Waals surface area contributed by atoms with E-state index in [2.05, 4.69) is 0 Å². The fraction of sp³-hybridized carbons (Fsp3) is 0.125. The van der Waals surface area contributed by atoms with Gasteiger partial charge in [-0.05, 0) is 12.1 Å². The number of hydrogen-bond acceptors (Lipinski definition) is 1. The van der Waals surface area contributed by atoms with Crippen molar-refractivity contribution in [3.8, 4) is 0 Å². The Morgan fingerprint density at radius 3 is 2.29 bits per heavy atom. The minimum absolute atomic E-state index is 0.0855. The molecule has 0 heterocycles. The minimum Gasteiger partial charge on any atom is -0.298 e. The molecule has 0 saturated carbocycles. The molecule has 1 rings (SSSR count). The second-order valence-corrected chi connectivity index (χ2v) is 2.87. The van der Waals surface area contributed by atoms with E-state index in [1.54, 1.807) is 0 Å². The smallest absolute Gasteiger partial charge is 0.298 e. The van der Waals surface area contributed by atoms with Crippen molar-refractivity contribution in [2.75, 3.05) is 0 Å². The number of carbonyl (C=O) groups excluding carboxylic acids is 1. The molecule has 0 aliphatic rings. The summed E-state index contributed by atoms with van der Waals surface area (Å²) in [6.45, 7) is 0. The lowest BCUT2D eigenvalue weighted by Gasteiger charge is -2.10. The number of rotatable bonds is 1. The van der Waals surface area contributed by atoms with Crippen molar-refractivity contribution < 1.29 is 22.4 Å². The number of alkyl halides is 3. The van der Waals surface area contributed by atoms with Crippen LogP contribution in [0.15, 0.2) is 12.1 Å². The van der Waals surface area contributed by atoms with Crippen molar-refractivity contribution in [2.45, 2.75) is 6.18 Å². The number of halogens is 5. The number of aldehydes is 1. The van der Waals surface area contributed by atoms with Crippen LogP contribution in [0.4, 0.5) is 17.6 Å². The first-order valence-electron chi connectivity index (χ1n) is 3.37. The molecule has 0 saturated heterocycles. The van der Waals surface area contributed by atoms with E-state index in [1.807, 2.05) is 0 Å². The van der Waals surface area contributed by atoms with Crippen molar-refractivity contribution >= 4 is 17.9 Å². The van der Waals surface area contributed by atoms with Crippen molar-refractivity contribution in [1.29, 1.82) is 0 Å². The van der Waals surface area contributed by atoms with Gasteiger partial charge in [0.05, 0.1) is 10.6 Å². The summed E-state index contributed by atoms with van der Waals surface area (Å²) in [7, 11) is 0. The van der Waals surface area contributed by atoms with E-state index < -0.39 is 28.1 Å². The van der Waals surface area contributed by atoms with Crippen LogP contribution < -0.4 is 0 Å². The highest BCUT2D eigenvalue weighted by molar-refractivity contribution is 6.31. The monoisotopic (exact) mass is 226 g/mol. The molecule has 1 aromatic carbocycles. The summed E-state index contributed by atoms with van der Waals surface area (Å²) in [5.41, 5.74) is -2.11. The molecular formula is C8H3ClF4O. The number of benzene rings is 1. The topological polar surface area (TPSA) is 17.1 Å². The molecule has 14 heavy (non-hydrogen) atoms. The molecule has 0 N–H and O–H groups in total. The van der Waals surface area contributed by atoms with Crippen molar-refractivity contribution in [3.63, 3.8) is 0 Å². The van der Waals surface area contributed by atoms with Gasteiger partial charge in [-0.1, -0.05) is 11.6 Å². The maximum atomic E-state index is 12.6. The molecule has 1 nitrogen and oxygen atoms in total. The molecule has 1 aromatic rings. The Hall–Kier alpha value is -1.10. The van der Waals surface area contributed by atoms with Crippen LogP contribution >= 0.6 is 11.6 Å². The predicted octanol–water partition coefficient (Wildman–Crippen LogP) is 3.31. The van der Waals surface area contributed by atoms with E-state index in [1.165, 1.54) is 0 Å². The minimum atomic E-state index is -4.76. The Bertz CT molecular complexity index is 372. The van der Waals surface area contributed by atoms with E-state index in [-0.39, 0.29) is 6.29 Å². The summed E-state index contributed by atoms with van der Waals surface area (Å²) in [4.78, 5) is 10.3. The maximum absolute atomic E-state index is 12.6. The quantitative estimate of drug-likeness (QED) is 0.530. The first-order valence-corrected chi connectivity index (χ1v) is 3.75. The summed E-state index contributed by atoms with van der Waals surface area (Å²) in [6, 6.07) is 0.999. The summed E-state index contributed by atoms with van der Waals surface area (Å²) in [6.07, 6.45) is -4.85. The van der Waals surface area contributed by atoms with Crippen molar-refractivity contribution in [2.24, 2.45) is 0 Å². The van der Waals surface area contributed by atoms with Gasteiger partial charge in [0.15, 0.2) is 6.29 Å². The fourth-order valence-electron chi connectivity index (χ4n) is 0.986. The van der Waals surface area contributed by atoms with E-state index in [9.17, 15) is 22.4 Å². The average Bonchev–Trinajstić information content (AvgIpc) is 1.99. The predicted molar refractivity (Wildman–Crippen MR) is 41.8 cm³/mol. The van der Waals surface area contributed by atoms with Gasteiger partial charge in [0.2, 0.25) is 0 Å². The van der Waals surface area contributed by atoms with Gasteiger partial charge >= 0.3 is 6.18 Å². The van der Waals surface area contributed by atoms with Crippen molar-refractivity contribution in [3.05, 3.63) is 34.1 Å². The third-order valence-electron chi connectivity index (χ3n) is 1.50. The van der Waals surface area contributed by atoms with Crippen LogP contribution in [0.3, 0.4) is 0 Å². The van der Waals surface area contributed by atoms with E-state index in [0.717, 1.165) is 0 Å². The lowest BCUT2D eigenvalue weighted by molar-refractivity contribution is -0.137. The molecule has 0 radical (unpaired) electrons. The van der Waals surface area contributed by atoms with Crippen LogP contribution in [-0.4, -0.2) is 6.29 Å². The van der Waals surface area contributed by atoms with Crippen LogP contribution in [0.1, 0.15) is 15.9 Å². The molecule has 6 heteroatoms.